The molecule has 18 heavy (non-hydrogen) atoms. The molecule has 7 heteroatoms. The smallest absolute Gasteiger partial charge is 0.320 e. The minimum Gasteiger partial charge on any atom is -0.480 e. The summed E-state index contributed by atoms with van der Waals surface area (Å²) in [4.78, 5) is 10.5. The van der Waals surface area contributed by atoms with Gasteiger partial charge in [-0.15, -0.1) is 0 Å². The maximum atomic E-state index is 11.8. The number of sulfonamides is 1. The van der Waals surface area contributed by atoms with Gasteiger partial charge in [0, 0.05) is 19.1 Å². The third kappa shape index (κ3) is 4.91. The predicted molar refractivity (Wildman–Crippen MR) is 68.9 cm³/mol. The van der Waals surface area contributed by atoms with E-state index in [2.05, 4.69) is 5.32 Å². The summed E-state index contributed by atoms with van der Waals surface area (Å²) in [5.74, 6) is -1.83. The van der Waals surface area contributed by atoms with Crippen LogP contribution in [0.3, 0.4) is 0 Å². The molecule has 0 saturated carbocycles. The molecule has 1 aliphatic rings. The maximum Gasteiger partial charge on any atom is 0.320 e. The molecule has 0 bridgehead atoms. The van der Waals surface area contributed by atoms with Crippen LogP contribution < -0.4 is 5.32 Å². The SMILES string of the molecule is CC(C)NCC1CCCN(S(=O)(=O)CC(=O)O)C1. The van der Waals surface area contributed by atoms with Crippen LogP contribution in [-0.4, -0.2) is 55.2 Å². The highest BCUT2D eigenvalue weighted by atomic mass is 32.2. The second-order valence-corrected chi connectivity index (χ2v) is 7.05. The molecule has 106 valence electrons. The van der Waals surface area contributed by atoms with E-state index in [1.807, 2.05) is 13.8 Å². The Kier molecular flexibility index (Phi) is 5.55. The zero-order valence-electron chi connectivity index (χ0n) is 10.9. The molecule has 1 unspecified atom stereocenters. The van der Waals surface area contributed by atoms with E-state index in [0.717, 1.165) is 19.4 Å². The van der Waals surface area contributed by atoms with Crippen molar-refractivity contribution < 1.29 is 18.3 Å². The molecular formula is C11H22N2O4S. The normalized spacial score (nSPS) is 22.3. The molecule has 1 fully saturated rings. The zero-order valence-corrected chi connectivity index (χ0v) is 11.7. The third-order valence-corrected chi connectivity index (χ3v) is 4.73. The molecule has 0 aromatic rings. The fourth-order valence-corrected chi connectivity index (χ4v) is 3.44. The molecule has 1 saturated heterocycles. The monoisotopic (exact) mass is 278 g/mol. The van der Waals surface area contributed by atoms with Gasteiger partial charge in [0.25, 0.3) is 0 Å². The number of hydrogen-bond donors (Lipinski definition) is 2. The van der Waals surface area contributed by atoms with Gasteiger partial charge < -0.3 is 10.4 Å². The lowest BCUT2D eigenvalue weighted by Gasteiger charge is -2.32. The molecule has 6 nitrogen and oxygen atoms in total. The van der Waals surface area contributed by atoms with Gasteiger partial charge in [0.1, 0.15) is 0 Å². The largest absolute Gasteiger partial charge is 0.480 e. The first kappa shape index (κ1) is 15.4. The molecule has 0 spiro atoms. The van der Waals surface area contributed by atoms with Gasteiger partial charge in [-0.1, -0.05) is 13.8 Å². The van der Waals surface area contributed by atoms with Crippen molar-refractivity contribution in [3.8, 4) is 0 Å². The van der Waals surface area contributed by atoms with E-state index < -0.39 is 21.7 Å². The molecule has 1 heterocycles. The Hall–Kier alpha value is -0.660. The molecule has 1 rings (SSSR count). The van der Waals surface area contributed by atoms with Crippen molar-refractivity contribution in [1.82, 2.24) is 9.62 Å². The lowest BCUT2D eigenvalue weighted by molar-refractivity contribution is -0.134. The van der Waals surface area contributed by atoms with E-state index >= 15 is 0 Å². The van der Waals surface area contributed by atoms with E-state index in [1.165, 1.54) is 4.31 Å². The first-order valence-corrected chi connectivity index (χ1v) is 7.85. The zero-order chi connectivity index (χ0) is 13.8. The summed E-state index contributed by atoms with van der Waals surface area (Å²) in [6.45, 7) is 5.73. The van der Waals surface area contributed by atoms with Crippen LogP contribution in [-0.2, 0) is 14.8 Å². The predicted octanol–water partition coefficient (Wildman–Crippen LogP) is 0.111. The molecule has 2 N–H and O–H groups in total. The van der Waals surface area contributed by atoms with Crippen LogP contribution >= 0.6 is 0 Å². The summed E-state index contributed by atoms with van der Waals surface area (Å²) in [7, 11) is -3.65. The molecule has 0 aromatic carbocycles. The van der Waals surface area contributed by atoms with Crippen LogP contribution in [0.25, 0.3) is 0 Å². The minimum atomic E-state index is -3.65. The van der Waals surface area contributed by atoms with Gasteiger partial charge >= 0.3 is 5.97 Å². The number of carboxylic acids is 1. The Morgan fingerprint density at radius 1 is 1.50 bits per heavy atom. The van der Waals surface area contributed by atoms with Gasteiger partial charge in [0.15, 0.2) is 5.75 Å². The van der Waals surface area contributed by atoms with Gasteiger partial charge in [-0.3, -0.25) is 4.79 Å². The van der Waals surface area contributed by atoms with Crippen LogP contribution in [0.1, 0.15) is 26.7 Å². The standard InChI is InChI=1S/C11H22N2O4S/c1-9(2)12-6-10-4-3-5-13(7-10)18(16,17)8-11(14)15/h9-10,12H,3-8H2,1-2H3,(H,14,15). The Morgan fingerprint density at radius 3 is 2.72 bits per heavy atom. The number of carbonyl (C=O) groups is 1. The van der Waals surface area contributed by atoms with E-state index in [0.29, 0.717) is 19.1 Å². The molecule has 1 aliphatic heterocycles. The van der Waals surface area contributed by atoms with Crippen LogP contribution in [0.15, 0.2) is 0 Å². The van der Waals surface area contributed by atoms with Crippen molar-refractivity contribution >= 4 is 16.0 Å². The number of hydrogen-bond acceptors (Lipinski definition) is 4. The fourth-order valence-electron chi connectivity index (χ4n) is 2.10. The number of nitrogens with zero attached hydrogens (tertiary/aromatic N) is 1. The second kappa shape index (κ2) is 6.49. The number of aliphatic carboxylic acids is 1. The first-order chi connectivity index (χ1) is 8.31. The average Bonchev–Trinajstić information content (AvgIpc) is 2.25. The van der Waals surface area contributed by atoms with Gasteiger partial charge in [-0.05, 0) is 25.3 Å². The average molecular weight is 278 g/mol. The number of nitrogens with one attached hydrogen (secondary N) is 1. The lowest BCUT2D eigenvalue weighted by atomic mass is 9.99. The molecule has 0 aliphatic carbocycles. The minimum absolute atomic E-state index is 0.268. The summed E-state index contributed by atoms with van der Waals surface area (Å²) in [5.41, 5.74) is 0. The summed E-state index contributed by atoms with van der Waals surface area (Å²) in [5, 5.41) is 11.9. The van der Waals surface area contributed by atoms with Crippen molar-refractivity contribution in [2.75, 3.05) is 25.4 Å². The van der Waals surface area contributed by atoms with Crippen molar-refractivity contribution in [2.24, 2.45) is 5.92 Å². The molecule has 0 aromatic heterocycles. The van der Waals surface area contributed by atoms with Gasteiger partial charge in [-0.2, -0.15) is 0 Å². The van der Waals surface area contributed by atoms with Crippen LogP contribution in [0, 0.1) is 5.92 Å². The number of piperidine rings is 1. The van der Waals surface area contributed by atoms with E-state index in [1.54, 1.807) is 0 Å². The van der Waals surface area contributed by atoms with Crippen molar-refractivity contribution in [3.63, 3.8) is 0 Å². The van der Waals surface area contributed by atoms with Crippen LogP contribution in [0.4, 0.5) is 0 Å². The Labute approximate surface area is 108 Å². The quantitative estimate of drug-likeness (QED) is 0.720. The Morgan fingerprint density at radius 2 is 2.17 bits per heavy atom. The van der Waals surface area contributed by atoms with Gasteiger partial charge in [-0.25, -0.2) is 12.7 Å². The van der Waals surface area contributed by atoms with Crippen molar-refractivity contribution in [1.29, 1.82) is 0 Å². The number of carboxylic acid groups (broad SMARTS) is 1. The summed E-state index contributed by atoms with van der Waals surface area (Å²) >= 11 is 0. The maximum absolute atomic E-state index is 11.8. The summed E-state index contributed by atoms with van der Waals surface area (Å²) in [6.07, 6.45) is 1.78. The van der Waals surface area contributed by atoms with E-state index in [4.69, 9.17) is 5.11 Å². The highest BCUT2D eigenvalue weighted by Crippen LogP contribution is 2.19. The third-order valence-electron chi connectivity index (χ3n) is 3.00. The van der Waals surface area contributed by atoms with Gasteiger partial charge in [0.05, 0.1) is 0 Å². The molecular weight excluding hydrogens is 256 g/mol. The topological polar surface area (TPSA) is 86.7 Å². The summed E-state index contributed by atoms with van der Waals surface area (Å²) < 4.78 is 24.9. The Balaban J connectivity index is 2.55. The Bertz CT molecular complexity index is 381. The highest BCUT2D eigenvalue weighted by Gasteiger charge is 2.30. The molecule has 0 radical (unpaired) electrons. The van der Waals surface area contributed by atoms with E-state index in [9.17, 15) is 13.2 Å². The second-order valence-electron chi connectivity index (χ2n) is 5.08. The number of rotatable bonds is 6. The highest BCUT2D eigenvalue weighted by molar-refractivity contribution is 7.89. The first-order valence-electron chi connectivity index (χ1n) is 6.24. The van der Waals surface area contributed by atoms with E-state index in [-0.39, 0.29) is 5.92 Å². The van der Waals surface area contributed by atoms with Crippen LogP contribution in [0.2, 0.25) is 0 Å². The summed E-state index contributed by atoms with van der Waals surface area (Å²) in [6, 6.07) is 0.371. The molecule has 1 atom stereocenters. The lowest BCUT2D eigenvalue weighted by Crippen LogP contribution is -2.45. The van der Waals surface area contributed by atoms with Gasteiger partial charge in [0.2, 0.25) is 10.0 Å². The van der Waals surface area contributed by atoms with Crippen LogP contribution in [0.5, 0.6) is 0 Å². The van der Waals surface area contributed by atoms with Crippen molar-refractivity contribution in [2.45, 2.75) is 32.7 Å². The van der Waals surface area contributed by atoms with Crippen molar-refractivity contribution in [3.05, 3.63) is 0 Å². The molecule has 0 amide bonds. The fraction of sp³-hybridized carbons (Fsp3) is 0.909.